The lowest BCUT2D eigenvalue weighted by Gasteiger charge is -2.28. The summed E-state index contributed by atoms with van der Waals surface area (Å²) >= 11 is 0. The van der Waals surface area contributed by atoms with Crippen LogP contribution in [0.1, 0.15) is 46.0 Å². The number of halogens is 1. The zero-order valence-corrected chi connectivity index (χ0v) is 13.7. The van der Waals surface area contributed by atoms with Gasteiger partial charge in [0.15, 0.2) is 0 Å². The highest BCUT2D eigenvalue weighted by Gasteiger charge is 2.28. The highest BCUT2D eigenvalue weighted by Crippen LogP contribution is 2.24. The lowest BCUT2D eigenvalue weighted by atomic mass is 10.0. The Kier molecular flexibility index (Phi) is 7.27. The van der Waals surface area contributed by atoms with Crippen LogP contribution >= 0.6 is 12.4 Å². The van der Waals surface area contributed by atoms with Gasteiger partial charge >= 0.3 is 0 Å². The summed E-state index contributed by atoms with van der Waals surface area (Å²) in [5.74, 6) is 0.366. The number of carbonyl (C=O) groups excluding carboxylic acids is 1. The maximum atomic E-state index is 12.3. The SMILES string of the molecule is CC(C)[C@H](N)C(=O)N1CCCN(C2CCCC2)CC1.Cl. The largest absolute Gasteiger partial charge is 0.340 e. The summed E-state index contributed by atoms with van der Waals surface area (Å²) in [5, 5.41) is 0. The Labute approximate surface area is 129 Å². The number of hydrogen-bond donors (Lipinski definition) is 1. The molecule has 5 heteroatoms. The fraction of sp³-hybridized carbons (Fsp3) is 0.933. The second kappa shape index (κ2) is 8.20. The van der Waals surface area contributed by atoms with Crippen molar-refractivity contribution >= 4 is 18.3 Å². The molecular weight excluding hydrogens is 274 g/mol. The molecule has 0 aromatic rings. The topological polar surface area (TPSA) is 49.6 Å². The molecule has 0 unspecified atom stereocenters. The first-order chi connectivity index (χ1) is 9.09. The van der Waals surface area contributed by atoms with Crippen molar-refractivity contribution in [3.8, 4) is 0 Å². The quantitative estimate of drug-likeness (QED) is 0.866. The summed E-state index contributed by atoms with van der Waals surface area (Å²) in [7, 11) is 0. The zero-order chi connectivity index (χ0) is 13.8. The first kappa shape index (κ1) is 17.7. The molecule has 0 aromatic carbocycles. The molecule has 1 atom stereocenters. The van der Waals surface area contributed by atoms with Gasteiger partial charge in [0.1, 0.15) is 0 Å². The molecule has 2 aliphatic rings. The van der Waals surface area contributed by atoms with Crippen LogP contribution in [0.15, 0.2) is 0 Å². The summed E-state index contributed by atoms with van der Waals surface area (Å²) in [6.07, 6.45) is 6.54. The first-order valence-corrected chi connectivity index (χ1v) is 7.88. The number of hydrogen-bond acceptors (Lipinski definition) is 3. The van der Waals surface area contributed by atoms with Crippen LogP contribution in [-0.4, -0.2) is 54.0 Å². The van der Waals surface area contributed by atoms with Crippen molar-refractivity contribution in [2.45, 2.75) is 58.0 Å². The van der Waals surface area contributed by atoms with Crippen molar-refractivity contribution in [3.63, 3.8) is 0 Å². The maximum absolute atomic E-state index is 12.3. The Balaban J connectivity index is 0.00000200. The average molecular weight is 304 g/mol. The molecule has 2 rings (SSSR count). The van der Waals surface area contributed by atoms with Crippen molar-refractivity contribution in [1.82, 2.24) is 9.80 Å². The van der Waals surface area contributed by atoms with Gasteiger partial charge < -0.3 is 10.6 Å². The molecule has 20 heavy (non-hydrogen) atoms. The standard InChI is InChI=1S/C15H29N3O.ClH/c1-12(2)14(16)15(19)18-9-5-8-17(10-11-18)13-6-3-4-7-13;/h12-14H,3-11,16H2,1-2H3;1H/t14-;/m0./s1. The minimum Gasteiger partial charge on any atom is -0.340 e. The van der Waals surface area contributed by atoms with Crippen molar-refractivity contribution < 1.29 is 4.79 Å². The third-order valence-electron chi connectivity index (χ3n) is 4.69. The van der Waals surface area contributed by atoms with E-state index in [9.17, 15) is 4.79 Å². The van der Waals surface area contributed by atoms with E-state index in [1.165, 1.54) is 25.7 Å². The number of rotatable bonds is 3. The lowest BCUT2D eigenvalue weighted by molar-refractivity contribution is -0.133. The van der Waals surface area contributed by atoms with Gasteiger partial charge in [-0.15, -0.1) is 12.4 Å². The van der Waals surface area contributed by atoms with Gasteiger partial charge in [-0.25, -0.2) is 0 Å². The van der Waals surface area contributed by atoms with Crippen molar-refractivity contribution in [3.05, 3.63) is 0 Å². The first-order valence-electron chi connectivity index (χ1n) is 7.88. The van der Waals surface area contributed by atoms with Gasteiger partial charge in [-0.05, 0) is 25.2 Å². The van der Waals surface area contributed by atoms with Crippen molar-refractivity contribution in [2.24, 2.45) is 11.7 Å². The van der Waals surface area contributed by atoms with Crippen molar-refractivity contribution in [1.29, 1.82) is 0 Å². The number of nitrogens with two attached hydrogens (primary N) is 1. The predicted octanol–water partition coefficient (Wildman–Crippen LogP) is 1.87. The molecule has 1 aliphatic carbocycles. The Bertz CT molecular complexity index is 305. The second-order valence-electron chi connectivity index (χ2n) is 6.42. The second-order valence-corrected chi connectivity index (χ2v) is 6.42. The van der Waals surface area contributed by atoms with E-state index in [-0.39, 0.29) is 30.3 Å². The van der Waals surface area contributed by atoms with Gasteiger partial charge in [0.05, 0.1) is 6.04 Å². The molecule has 4 nitrogen and oxygen atoms in total. The molecule has 2 N–H and O–H groups in total. The molecule has 1 aliphatic heterocycles. The average Bonchev–Trinajstić information content (AvgIpc) is 2.81. The van der Waals surface area contributed by atoms with Gasteiger partial charge in [-0.1, -0.05) is 26.7 Å². The fourth-order valence-electron chi connectivity index (χ4n) is 3.29. The Morgan fingerprint density at radius 3 is 2.30 bits per heavy atom. The summed E-state index contributed by atoms with van der Waals surface area (Å²) in [6, 6.07) is 0.437. The molecular formula is C15H30ClN3O. The van der Waals surface area contributed by atoms with Crippen LogP contribution in [0, 0.1) is 5.92 Å². The molecule has 1 heterocycles. The van der Waals surface area contributed by atoms with E-state index in [1.54, 1.807) is 0 Å². The van der Waals surface area contributed by atoms with E-state index in [0.717, 1.165) is 38.6 Å². The highest BCUT2D eigenvalue weighted by molar-refractivity contribution is 5.85. The molecule has 1 saturated carbocycles. The third kappa shape index (κ3) is 4.34. The Hall–Kier alpha value is -0.320. The molecule has 0 bridgehead atoms. The molecule has 0 aromatic heterocycles. The zero-order valence-electron chi connectivity index (χ0n) is 12.9. The van der Waals surface area contributed by atoms with E-state index in [1.807, 2.05) is 18.7 Å². The normalized spacial score (nSPS) is 23.5. The summed E-state index contributed by atoms with van der Waals surface area (Å²) in [6.45, 7) is 7.95. The van der Waals surface area contributed by atoms with Crippen LogP contribution in [0.25, 0.3) is 0 Å². The number of carbonyl (C=O) groups is 1. The maximum Gasteiger partial charge on any atom is 0.239 e. The smallest absolute Gasteiger partial charge is 0.239 e. The Morgan fingerprint density at radius 2 is 1.70 bits per heavy atom. The van der Waals surface area contributed by atoms with Gasteiger partial charge in [0, 0.05) is 32.2 Å². The van der Waals surface area contributed by atoms with Gasteiger partial charge in [0.25, 0.3) is 0 Å². The van der Waals surface area contributed by atoms with E-state index in [4.69, 9.17) is 5.73 Å². The van der Waals surface area contributed by atoms with E-state index in [0.29, 0.717) is 0 Å². The van der Waals surface area contributed by atoms with Gasteiger partial charge in [-0.3, -0.25) is 9.69 Å². The Morgan fingerprint density at radius 1 is 1.05 bits per heavy atom. The summed E-state index contributed by atoms with van der Waals surface area (Å²) in [5.41, 5.74) is 5.99. The van der Waals surface area contributed by atoms with Crippen LogP contribution < -0.4 is 5.73 Å². The minimum absolute atomic E-state index is 0. The van der Waals surface area contributed by atoms with Crippen LogP contribution in [0.2, 0.25) is 0 Å². The van der Waals surface area contributed by atoms with Crippen LogP contribution in [0.3, 0.4) is 0 Å². The van der Waals surface area contributed by atoms with E-state index >= 15 is 0 Å². The van der Waals surface area contributed by atoms with Gasteiger partial charge in [0.2, 0.25) is 5.91 Å². The highest BCUT2D eigenvalue weighted by atomic mass is 35.5. The predicted molar refractivity (Wildman–Crippen MR) is 85.1 cm³/mol. The van der Waals surface area contributed by atoms with Crippen LogP contribution in [-0.2, 0) is 4.79 Å². The van der Waals surface area contributed by atoms with Crippen molar-refractivity contribution in [2.75, 3.05) is 26.2 Å². The molecule has 1 amide bonds. The van der Waals surface area contributed by atoms with Crippen LogP contribution in [0.5, 0.6) is 0 Å². The summed E-state index contributed by atoms with van der Waals surface area (Å²) in [4.78, 5) is 16.9. The van der Waals surface area contributed by atoms with Crippen LogP contribution in [0.4, 0.5) is 0 Å². The monoisotopic (exact) mass is 303 g/mol. The minimum atomic E-state index is -0.335. The molecule has 2 fully saturated rings. The van der Waals surface area contributed by atoms with E-state index in [2.05, 4.69) is 4.90 Å². The number of amides is 1. The van der Waals surface area contributed by atoms with Gasteiger partial charge in [-0.2, -0.15) is 0 Å². The molecule has 0 radical (unpaired) electrons. The lowest BCUT2D eigenvalue weighted by Crippen LogP contribution is -2.48. The molecule has 0 spiro atoms. The summed E-state index contributed by atoms with van der Waals surface area (Å²) < 4.78 is 0. The van der Waals surface area contributed by atoms with E-state index < -0.39 is 0 Å². The molecule has 1 saturated heterocycles. The third-order valence-corrected chi connectivity index (χ3v) is 4.69. The fourth-order valence-corrected chi connectivity index (χ4v) is 3.29. The molecule has 118 valence electrons. The number of nitrogens with zero attached hydrogens (tertiary/aromatic N) is 2.